The van der Waals surface area contributed by atoms with Gasteiger partial charge in [0.2, 0.25) is 5.91 Å². The van der Waals surface area contributed by atoms with Crippen molar-refractivity contribution in [2.75, 3.05) is 13.1 Å². The maximum Gasteiger partial charge on any atom is 0.223 e. The second-order valence-corrected chi connectivity index (χ2v) is 7.08. The monoisotopic (exact) mass is 302 g/mol. The Kier molecular flexibility index (Phi) is 6.01. The zero-order valence-corrected chi connectivity index (χ0v) is 14.4. The topological polar surface area (TPSA) is 32.3 Å². The van der Waals surface area contributed by atoms with Crippen molar-refractivity contribution in [1.29, 1.82) is 0 Å². The smallest absolute Gasteiger partial charge is 0.223 e. The first-order valence-electron chi connectivity index (χ1n) is 8.54. The van der Waals surface area contributed by atoms with E-state index in [1.807, 2.05) is 0 Å². The van der Waals surface area contributed by atoms with E-state index in [0.29, 0.717) is 5.92 Å². The standard InChI is InChI=1S/C19H30N2O/c1-14(2)16(4)20-19(22)18-8-10-21(11-9-18)13-17-7-5-6-15(3)12-17/h5-7,12,14,16,18H,8-11,13H2,1-4H3,(H,20,22). The summed E-state index contributed by atoms with van der Waals surface area (Å²) < 4.78 is 0. The number of nitrogens with zero attached hydrogens (tertiary/aromatic N) is 1. The summed E-state index contributed by atoms with van der Waals surface area (Å²) in [6.07, 6.45) is 1.95. The molecule has 1 fully saturated rings. The number of rotatable bonds is 5. The maximum absolute atomic E-state index is 12.3. The number of aryl methyl sites for hydroxylation is 1. The van der Waals surface area contributed by atoms with Crippen LogP contribution < -0.4 is 5.32 Å². The lowest BCUT2D eigenvalue weighted by atomic mass is 9.94. The van der Waals surface area contributed by atoms with Gasteiger partial charge in [-0.3, -0.25) is 9.69 Å². The Balaban J connectivity index is 1.79. The van der Waals surface area contributed by atoms with Crippen molar-refractivity contribution < 1.29 is 4.79 Å². The van der Waals surface area contributed by atoms with Gasteiger partial charge in [0.1, 0.15) is 0 Å². The number of likely N-dealkylation sites (tertiary alicyclic amines) is 1. The van der Waals surface area contributed by atoms with Crippen LogP contribution in [-0.2, 0) is 11.3 Å². The van der Waals surface area contributed by atoms with Gasteiger partial charge in [-0.15, -0.1) is 0 Å². The number of amides is 1. The molecule has 3 nitrogen and oxygen atoms in total. The van der Waals surface area contributed by atoms with Crippen LogP contribution in [0.2, 0.25) is 0 Å². The molecule has 1 aromatic rings. The number of hydrogen-bond donors (Lipinski definition) is 1. The van der Waals surface area contributed by atoms with E-state index in [2.05, 4.69) is 62.2 Å². The number of benzene rings is 1. The fourth-order valence-electron chi connectivity index (χ4n) is 2.93. The van der Waals surface area contributed by atoms with Gasteiger partial charge in [-0.1, -0.05) is 43.7 Å². The second-order valence-electron chi connectivity index (χ2n) is 7.08. The second kappa shape index (κ2) is 7.77. The maximum atomic E-state index is 12.3. The molecule has 1 heterocycles. The van der Waals surface area contributed by atoms with Crippen LogP contribution in [0.15, 0.2) is 24.3 Å². The largest absolute Gasteiger partial charge is 0.353 e. The molecular formula is C19H30N2O. The van der Waals surface area contributed by atoms with Gasteiger partial charge in [-0.25, -0.2) is 0 Å². The minimum Gasteiger partial charge on any atom is -0.353 e. The molecule has 1 aliphatic rings. The third-order valence-corrected chi connectivity index (χ3v) is 4.82. The van der Waals surface area contributed by atoms with Crippen LogP contribution in [0.1, 0.15) is 44.7 Å². The highest BCUT2D eigenvalue weighted by Crippen LogP contribution is 2.20. The molecule has 1 atom stereocenters. The van der Waals surface area contributed by atoms with Crippen molar-refractivity contribution in [3.63, 3.8) is 0 Å². The Bertz CT molecular complexity index is 490. The average Bonchev–Trinajstić information content (AvgIpc) is 2.47. The number of carbonyl (C=O) groups is 1. The molecule has 1 aliphatic heterocycles. The highest BCUT2D eigenvalue weighted by Gasteiger charge is 2.26. The third-order valence-electron chi connectivity index (χ3n) is 4.82. The quantitative estimate of drug-likeness (QED) is 0.904. The van der Waals surface area contributed by atoms with E-state index in [1.54, 1.807) is 0 Å². The molecule has 122 valence electrons. The lowest BCUT2D eigenvalue weighted by Gasteiger charge is -2.32. The van der Waals surface area contributed by atoms with Crippen LogP contribution in [-0.4, -0.2) is 29.9 Å². The van der Waals surface area contributed by atoms with Crippen molar-refractivity contribution in [1.82, 2.24) is 10.2 Å². The summed E-state index contributed by atoms with van der Waals surface area (Å²) in [5, 5.41) is 3.16. The zero-order chi connectivity index (χ0) is 16.1. The van der Waals surface area contributed by atoms with Crippen LogP contribution in [0.3, 0.4) is 0 Å². The summed E-state index contributed by atoms with van der Waals surface area (Å²) in [4.78, 5) is 14.8. The van der Waals surface area contributed by atoms with Gasteiger partial charge in [-0.05, 0) is 51.3 Å². The molecule has 0 aliphatic carbocycles. The van der Waals surface area contributed by atoms with E-state index < -0.39 is 0 Å². The summed E-state index contributed by atoms with van der Waals surface area (Å²) in [5.74, 6) is 0.928. The molecule has 2 rings (SSSR count). The molecule has 1 amide bonds. The fourth-order valence-corrected chi connectivity index (χ4v) is 2.93. The number of hydrogen-bond acceptors (Lipinski definition) is 2. The van der Waals surface area contributed by atoms with Crippen molar-refractivity contribution in [2.24, 2.45) is 11.8 Å². The fraction of sp³-hybridized carbons (Fsp3) is 0.632. The molecule has 0 aromatic heterocycles. The lowest BCUT2D eigenvalue weighted by molar-refractivity contribution is -0.127. The first-order valence-corrected chi connectivity index (χ1v) is 8.54. The number of piperidine rings is 1. The molecule has 22 heavy (non-hydrogen) atoms. The molecule has 1 saturated heterocycles. The van der Waals surface area contributed by atoms with Gasteiger partial charge in [0.25, 0.3) is 0 Å². The van der Waals surface area contributed by atoms with Gasteiger partial charge < -0.3 is 5.32 Å². The lowest BCUT2D eigenvalue weighted by Crippen LogP contribution is -2.44. The molecule has 0 saturated carbocycles. The van der Waals surface area contributed by atoms with Crippen LogP contribution in [0.25, 0.3) is 0 Å². The Hall–Kier alpha value is -1.35. The molecule has 1 aromatic carbocycles. The number of nitrogens with one attached hydrogen (secondary N) is 1. The molecule has 1 unspecified atom stereocenters. The average molecular weight is 302 g/mol. The minimum absolute atomic E-state index is 0.190. The van der Waals surface area contributed by atoms with E-state index >= 15 is 0 Å². The molecule has 0 radical (unpaired) electrons. The van der Waals surface area contributed by atoms with Crippen molar-refractivity contribution >= 4 is 5.91 Å². The summed E-state index contributed by atoms with van der Waals surface area (Å²) in [7, 11) is 0. The van der Waals surface area contributed by atoms with Gasteiger partial charge in [0.05, 0.1) is 0 Å². The van der Waals surface area contributed by atoms with Crippen molar-refractivity contribution in [3.05, 3.63) is 35.4 Å². The molecular weight excluding hydrogens is 272 g/mol. The highest BCUT2D eigenvalue weighted by molar-refractivity contribution is 5.79. The highest BCUT2D eigenvalue weighted by atomic mass is 16.1. The van der Waals surface area contributed by atoms with Crippen LogP contribution in [0, 0.1) is 18.8 Å². The van der Waals surface area contributed by atoms with Gasteiger partial charge in [0.15, 0.2) is 0 Å². The SMILES string of the molecule is Cc1cccc(CN2CCC(C(=O)NC(C)C(C)C)CC2)c1. The van der Waals surface area contributed by atoms with E-state index in [-0.39, 0.29) is 17.9 Å². The van der Waals surface area contributed by atoms with Crippen molar-refractivity contribution in [2.45, 2.75) is 53.1 Å². The Morgan fingerprint density at radius 1 is 1.27 bits per heavy atom. The van der Waals surface area contributed by atoms with Crippen LogP contribution in [0.4, 0.5) is 0 Å². The Morgan fingerprint density at radius 2 is 1.95 bits per heavy atom. The summed E-state index contributed by atoms with van der Waals surface area (Å²) >= 11 is 0. The molecule has 3 heteroatoms. The predicted octanol–water partition coefficient (Wildman–Crippen LogP) is 3.37. The van der Waals surface area contributed by atoms with Gasteiger partial charge in [-0.2, -0.15) is 0 Å². The Labute approximate surface area is 135 Å². The summed E-state index contributed by atoms with van der Waals surface area (Å²) in [6, 6.07) is 8.96. The van der Waals surface area contributed by atoms with Gasteiger partial charge in [0, 0.05) is 18.5 Å². The number of carbonyl (C=O) groups excluding carboxylic acids is 1. The first kappa shape index (κ1) is 17.0. The van der Waals surface area contributed by atoms with Gasteiger partial charge >= 0.3 is 0 Å². The first-order chi connectivity index (χ1) is 10.5. The molecule has 0 bridgehead atoms. The molecule has 1 N–H and O–H groups in total. The minimum atomic E-state index is 0.190. The van der Waals surface area contributed by atoms with Crippen LogP contribution >= 0.6 is 0 Å². The van der Waals surface area contributed by atoms with E-state index in [1.165, 1.54) is 11.1 Å². The van der Waals surface area contributed by atoms with E-state index in [9.17, 15) is 4.79 Å². The summed E-state index contributed by atoms with van der Waals surface area (Å²) in [6.45, 7) is 11.6. The van der Waals surface area contributed by atoms with Crippen molar-refractivity contribution in [3.8, 4) is 0 Å². The zero-order valence-electron chi connectivity index (χ0n) is 14.4. The van der Waals surface area contributed by atoms with Crippen LogP contribution in [0.5, 0.6) is 0 Å². The van der Waals surface area contributed by atoms with E-state index in [0.717, 1.165) is 32.5 Å². The van der Waals surface area contributed by atoms with E-state index in [4.69, 9.17) is 0 Å². The third kappa shape index (κ3) is 4.84. The molecule has 0 spiro atoms. The Morgan fingerprint density at radius 3 is 2.55 bits per heavy atom. The normalized spacial score (nSPS) is 18.4. The summed E-state index contributed by atoms with van der Waals surface area (Å²) in [5.41, 5.74) is 2.69. The predicted molar refractivity (Wildman–Crippen MR) is 91.6 cm³/mol.